The molecule has 1 N–H and O–H groups in total. The Kier molecular flexibility index (Phi) is 8.57. The summed E-state index contributed by atoms with van der Waals surface area (Å²) in [6.45, 7) is 6.51. The van der Waals surface area contributed by atoms with Crippen molar-refractivity contribution >= 4 is 54.1 Å². The standard InChI is InChI=1S/C56H41NO2S/c1-3-41-42-18-7-11-22-47(42)56(48-23-12-8-19-43(48)44-20-9-13-24-49(44)56)50(41)34-36(2)59-55-51(25-15-26-52(55)58)57(39-30-28-38(29-31-39)37-16-5-4-6-17-37)40-32-33-46-45-21-10-14-27-53(45)60-54(46)35-40/h3-33,35-36,58H,1,34H2,2H3/t36-/m1/s1. The Labute approximate surface area is 354 Å². The lowest BCUT2D eigenvalue weighted by molar-refractivity contribution is 0.211. The van der Waals surface area contributed by atoms with Crippen LogP contribution < -0.4 is 9.64 Å². The van der Waals surface area contributed by atoms with Crippen LogP contribution in [0.2, 0.25) is 0 Å². The minimum Gasteiger partial charge on any atom is -0.504 e. The van der Waals surface area contributed by atoms with Gasteiger partial charge in [-0.1, -0.05) is 158 Å². The minimum absolute atomic E-state index is 0.0899. The highest BCUT2D eigenvalue weighted by Crippen LogP contribution is 2.63. The van der Waals surface area contributed by atoms with E-state index in [0.29, 0.717) is 12.2 Å². The summed E-state index contributed by atoms with van der Waals surface area (Å²) in [7, 11) is 0. The maximum Gasteiger partial charge on any atom is 0.185 e. The summed E-state index contributed by atoms with van der Waals surface area (Å²) in [6, 6.07) is 66.5. The van der Waals surface area contributed by atoms with Crippen LogP contribution in [0.1, 0.15) is 35.6 Å². The van der Waals surface area contributed by atoms with E-state index in [4.69, 9.17) is 4.74 Å². The van der Waals surface area contributed by atoms with Crippen LogP contribution in [0.4, 0.5) is 17.1 Å². The Balaban J connectivity index is 1.03. The predicted octanol–water partition coefficient (Wildman–Crippen LogP) is 15.0. The van der Waals surface area contributed by atoms with Gasteiger partial charge in [0.1, 0.15) is 6.10 Å². The lowest BCUT2D eigenvalue weighted by Crippen LogP contribution is -2.30. The van der Waals surface area contributed by atoms with Crippen LogP contribution in [-0.2, 0) is 5.41 Å². The van der Waals surface area contributed by atoms with E-state index in [1.165, 1.54) is 59.1 Å². The van der Waals surface area contributed by atoms with Crippen LogP contribution in [0.25, 0.3) is 48.0 Å². The molecule has 0 amide bonds. The van der Waals surface area contributed by atoms with Crippen LogP contribution in [0, 0.1) is 0 Å². The van der Waals surface area contributed by atoms with Gasteiger partial charge in [0, 0.05) is 38.0 Å². The number of fused-ring (bicyclic) bond motifs is 10. The van der Waals surface area contributed by atoms with Gasteiger partial charge in [-0.3, -0.25) is 0 Å². The molecule has 0 aliphatic heterocycles. The Morgan fingerprint density at radius 2 is 1.18 bits per heavy atom. The monoisotopic (exact) mass is 791 g/mol. The van der Waals surface area contributed by atoms with Crippen molar-refractivity contribution in [3.05, 3.63) is 229 Å². The fraction of sp³-hybridized carbons (Fsp3) is 0.0714. The fourth-order valence-electron chi connectivity index (χ4n) is 9.97. The number of hydrogen-bond donors (Lipinski definition) is 1. The Morgan fingerprint density at radius 1 is 0.600 bits per heavy atom. The lowest BCUT2D eigenvalue weighted by atomic mass is 9.68. The Morgan fingerprint density at radius 3 is 1.90 bits per heavy atom. The van der Waals surface area contributed by atoms with Gasteiger partial charge in [-0.15, -0.1) is 11.3 Å². The van der Waals surface area contributed by atoms with Gasteiger partial charge in [-0.2, -0.15) is 0 Å². The molecule has 2 aliphatic carbocycles. The highest BCUT2D eigenvalue weighted by atomic mass is 32.1. The number of hydrogen-bond acceptors (Lipinski definition) is 4. The Bertz CT molecular complexity index is 3110. The smallest absolute Gasteiger partial charge is 0.185 e. The molecule has 0 unspecified atom stereocenters. The van der Waals surface area contributed by atoms with Crippen LogP contribution >= 0.6 is 11.3 Å². The van der Waals surface area contributed by atoms with E-state index in [2.05, 4.69) is 182 Å². The summed E-state index contributed by atoms with van der Waals surface area (Å²) >= 11 is 1.80. The molecular weight excluding hydrogens is 751 g/mol. The summed E-state index contributed by atoms with van der Waals surface area (Å²) < 4.78 is 9.56. The number of nitrogens with zero attached hydrogens (tertiary/aromatic N) is 1. The second kappa shape index (κ2) is 14.3. The average Bonchev–Trinajstić information content (AvgIpc) is 3.91. The number of benzene rings is 8. The molecular formula is C56H41NO2S. The maximum atomic E-state index is 11.8. The first-order chi connectivity index (χ1) is 29.5. The van der Waals surface area contributed by atoms with Gasteiger partial charge in [-0.05, 0) is 105 Å². The van der Waals surface area contributed by atoms with Crippen LogP contribution in [0.15, 0.2) is 206 Å². The molecule has 0 bridgehead atoms. The van der Waals surface area contributed by atoms with Crippen LogP contribution in [0.5, 0.6) is 11.5 Å². The predicted molar refractivity (Wildman–Crippen MR) is 251 cm³/mol. The Hall–Kier alpha value is -7.14. The number of anilines is 3. The molecule has 2 aliphatic rings. The molecule has 8 aromatic carbocycles. The number of phenols is 1. The van der Waals surface area contributed by atoms with Crippen molar-refractivity contribution in [1.82, 2.24) is 0 Å². The molecule has 11 rings (SSSR count). The summed E-state index contributed by atoms with van der Waals surface area (Å²) in [5.74, 6) is 0.526. The minimum atomic E-state index is -0.501. The van der Waals surface area contributed by atoms with Gasteiger partial charge in [0.05, 0.1) is 11.1 Å². The number of ether oxygens (including phenoxy) is 1. The molecule has 1 atom stereocenters. The van der Waals surface area contributed by atoms with Crippen molar-refractivity contribution in [3.63, 3.8) is 0 Å². The third kappa shape index (κ3) is 5.48. The summed E-state index contributed by atoms with van der Waals surface area (Å²) in [6.07, 6.45) is 2.29. The number of phenolic OH excluding ortho intramolecular Hbond substituents is 1. The lowest BCUT2D eigenvalue weighted by Gasteiger charge is -2.34. The second-order valence-electron chi connectivity index (χ2n) is 15.8. The maximum absolute atomic E-state index is 11.8. The van der Waals surface area contributed by atoms with Crippen molar-refractivity contribution in [2.45, 2.75) is 24.9 Å². The largest absolute Gasteiger partial charge is 0.504 e. The van der Waals surface area contributed by atoms with E-state index < -0.39 is 5.41 Å². The highest BCUT2D eigenvalue weighted by molar-refractivity contribution is 7.25. The molecule has 1 spiro atoms. The SMILES string of the molecule is C=CC1=C(C[C@@H](C)Oc2c(O)cccc2N(c2ccc(-c3ccccc3)cc2)c2ccc3c(c2)sc2ccccc23)C2(c3ccccc31)c1ccccc1-c1ccccc12. The van der Waals surface area contributed by atoms with Crippen molar-refractivity contribution in [3.8, 4) is 33.8 Å². The summed E-state index contributed by atoms with van der Waals surface area (Å²) in [4.78, 5) is 2.21. The van der Waals surface area contributed by atoms with Crippen molar-refractivity contribution in [2.75, 3.05) is 4.90 Å². The topological polar surface area (TPSA) is 32.7 Å². The zero-order valence-electron chi connectivity index (χ0n) is 33.2. The van der Waals surface area contributed by atoms with Gasteiger partial charge in [0.2, 0.25) is 0 Å². The molecule has 4 heteroatoms. The number of para-hydroxylation sites is 1. The first-order valence-corrected chi connectivity index (χ1v) is 21.4. The van der Waals surface area contributed by atoms with Crippen LogP contribution in [0.3, 0.4) is 0 Å². The van der Waals surface area contributed by atoms with Crippen molar-refractivity contribution < 1.29 is 9.84 Å². The summed E-state index contributed by atoms with van der Waals surface area (Å²) in [5.41, 5.74) is 14.4. The molecule has 1 heterocycles. The molecule has 9 aromatic rings. The highest BCUT2D eigenvalue weighted by Gasteiger charge is 2.52. The van der Waals surface area contributed by atoms with Crippen LogP contribution in [-0.4, -0.2) is 11.2 Å². The molecule has 0 saturated carbocycles. The first-order valence-electron chi connectivity index (χ1n) is 20.6. The molecule has 60 heavy (non-hydrogen) atoms. The quantitative estimate of drug-likeness (QED) is 0.158. The fourth-order valence-corrected chi connectivity index (χ4v) is 11.1. The van der Waals surface area contributed by atoms with E-state index >= 15 is 0 Å². The number of aromatic hydroxyl groups is 1. The zero-order chi connectivity index (χ0) is 40.4. The molecule has 1 aromatic heterocycles. The van der Waals surface area contributed by atoms with Gasteiger partial charge in [0.25, 0.3) is 0 Å². The van der Waals surface area contributed by atoms with Gasteiger partial charge >= 0.3 is 0 Å². The third-order valence-corrected chi connectivity index (χ3v) is 13.6. The van der Waals surface area contributed by atoms with Gasteiger partial charge in [-0.25, -0.2) is 0 Å². The van der Waals surface area contributed by atoms with Crippen molar-refractivity contribution in [1.29, 1.82) is 0 Å². The molecule has 0 saturated heterocycles. The van der Waals surface area contributed by atoms with E-state index in [-0.39, 0.29) is 11.9 Å². The van der Waals surface area contributed by atoms with Gasteiger partial charge in [0.15, 0.2) is 11.5 Å². The molecule has 3 nitrogen and oxygen atoms in total. The van der Waals surface area contributed by atoms with Crippen molar-refractivity contribution in [2.24, 2.45) is 0 Å². The molecule has 0 fully saturated rings. The van der Waals surface area contributed by atoms with E-state index in [1.807, 2.05) is 24.3 Å². The summed E-state index contributed by atoms with van der Waals surface area (Å²) in [5, 5.41) is 14.3. The normalized spacial score (nSPS) is 13.9. The average molecular weight is 792 g/mol. The van der Waals surface area contributed by atoms with Gasteiger partial charge < -0.3 is 14.7 Å². The zero-order valence-corrected chi connectivity index (χ0v) is 34.0. The second-order valence-corrected chi connectivity index (χ2v) is 16.9. The van der Waals surface area contributed by atoms with E-state index in [9.17, 15) is 5.11 Å². The van der Waals surface area contributed by atoms with E-state index in [1.54, 1.807) is 17.4 Å². The van der Waals surface area contributed by atoms with E-state index in [0.717, 1.165) is 33.8 Å². The third-order valence-electron chi connectivity index (χ3n) is 12.4. The molecule has 0 radical (unpaired) electrons. The number of allylic oxidation sites excluding steroid dienone is 2. The number of rotatable bonds is 9. The first kappa shape index (κ1) is 36.0. The molecule has 288 valence electrons. The number of thiophene rings is 1.